The van der Waals surface area contributed by atoms with E-state index in [1.54, 1.807) is 11.9 Å². The Labute approximate surface area is 106 Å². The zero-order chi connectivity index (χ0) is 13.0. The van der Waals surface area contributed by atoms with Crippen LogP contribution in [0.1, 0.15) is 5.56 Å². The van der Waals surface area contributed by atoms with Crippen LogP contribution in [-0.4, -0.2) is 48.9 Å². The van der Waals surface area contributed by atoms with Crippen LogP contribution in [0.4, 0.5) is 10.5 Å². The molecule has 1 aliphatic heterocycles. The van der Waals surface area contributed by atoms with Gasteiger partial charge in [-0.2, -0.15) is 0 Å². The summed E-state index contributed by atoms with van der Waals surface area (Å²) in [5, 5.41) is 12.0. The molecule has 0 aromatic heterocycles. The van der Waals surface area contributed by atoms with Gasteiger partial charge in [0.25, 0.3) is 0 Å². The molecule has 1 aromatic carbocycles. The summed E-state index contributed by atoms with van der Waals surface area (Å²) in [4.78, 5) is 12.7. The average Bonchev–Trinajstić information content (AvgIpc) is 2.68. The first-order chi connectivity index (χ1) is 8.69. The zero-order valence-corrected chi connectivity index (χ0v) is 10.4. The molecule has 1 aliphatic rings. The van der Waals surface area contributed by atoms with Gasteiger partial charge in [0.2, 0.25) is 0 Å². The van der Waals surface area contributed by atoms with Gasteiger partial charge in [-0.3, -0.25) is 0 Å². The first-order valence-electron chi connectivity index (χ1n) is 6.04. The second-order valence-corrected chi connectivity index (χ2v) is 4.44. The van der Waals surface area contributed by atoms with E-state index in [-0.39, 0.29) is 18.8 Å². The van der Waals surface area contributed by atoms with E-state index in [0.29, 0.717) is 19.5 Å². The Morgan fingerprint density at radius 2 is 2.17 bits per heavy atom. The molecule has 1 atom stereocenters. The normalized spacial score (nSPS) is 18.9. The number of hydrogen-bond donors (Lipinski definition) is 2. The Kier molecular flexibility index (Phi) is 4.04. The van der Waals surface area contributed by atoms with Crippen molar-refractivity contribution >= 4 is 11.8 Å². The third-order valence-corrected chi connectivity index (χ3v) is 2.94. The predicted molar refractivity (Wildman–Crippen MR) is 68.6 cm³/mol. The van der Waals surface area contributed by atoms with E-state index in [9.17, 15) is 4.79 Å². The second-order valence-electron chi connectivity index (χ2n) is 4.44. The number of benzene rings is 1. The van der Waals surface area contributed by atoms with E-state index >= 15 is 0 Å². The van der Waals surface area contributed by atoms with Gasteiger partial charge in [0.15, 0.2) is 0 Å². The fraction of sp³-hybridized carbons (Fsp3) is 0.462. The van der Waals surface area contributed by atoms with Gasteiger partial charge in [-0.15, -0.1) is 0 Å². The molecular formula is C13H18N2O3. The lowest BCUT2D eigenvalue weighted by molar-refractivity contribution is 0.138. The number of aliphatic hydroxyl groups is 1. The van der Waals surface area contributed by atoms with E-state index in [4.69, 9.17) is 9.84 Å². The number of rotatable bonds is 5. The molecule has 1 amide bonds. The highest BCUT2D eigenvalue weighted by molar-refractivity contribution is 5.69. The second kappa shape index (κ2) is 5.73. The van der Waals surface area contributed by atoms with Gasteiger partial charge in [-0.05, 0) is 24.1 Å². The molecule has 0 spiro atoms. The van der Waals surface area contributed by atoms with Gasteiger partial charge >= 0.3 is 6.09 Å². The number of carbonyl (C=O) groups is 1. The molecule has 1 heterocycles. The van der Waals surface area contributed by atoms with Gasteiger partial charge in [-0.1, -0.05) is 12.1 Å². The Bertz CT molecular complexity index is 405. The quantitative estimate of drug-likeness (QED) is 0.821. The fourth-order valence-corrected chi connectivity index (χ4v) is 1.91. The van der Waals surface area contributed by atoms with E-state index < -0.39 is 0 Å². The van der Waals surface area contributed by atoms with Crippen molar-refractivity contribution in [2.24, 2.45) is 0 Å². The van der Waals surface area contributed by atoms with Crippen LogP contribution < -0.4 is 5.32 Å². The lowest BCUT2D eigenvalue weighted by Crippen LogP contribution is -2.24. The third-order valence-electron chi connectivity index (χ3n) is 2.94. The molecule has 1 fully saturated rings. The van der Waals surface area contributed by atoms with Crippen LogP contribution in [0.3, 0.4) is 0 Å². The van der Waals surface area contributed by atoms with Gasteiger partial charge in [0.05, 0.1) is 13.1 Å². The third kappa shape index (κ3) is 3.13. The SMILES string of the molecule is CN1C[C@H](CNc2ccc(CCO)cc2)OC1=O. The van der Waals surface area contributed by atoms with Crippen LogP contribution in [-0.2, 0) is 11.2 Å². The van der Waals surface area contributed by atoms with Gasteiger partial charge < -0.3 is 20.1 Å². The number of amides is 1. The highest BCUT2D eigenvalue weighted by Crippen LogP contribution is 2.13. The van der Waals surface area contributed by atoms with Crippen molar-refractivity contribution in [2.75, 3.05) is 32.1 Å². The van der Waals surface area contributed by atoms with E-state index in [1.807, 2.05) is 24.3 Å². The van der Waals surface area contributed by atoms with E-state index in [1.165, 1.54) is 0 Å². The Morgan fingerprint density at radius 3 is 2.72 bits per heavy atom. The molecule has 0 aliphatic carbocycles. The van der Waals surface area contributed by atoms with Crippen LogP contribution in [0, 0.1) is 0 Å². The molecule has 2 rings (SSSR count). The lowest BCUT2D eigenvalue weighted by Gasteiger charge is -2.11. The van der Waals surface area contributed by atoms with E-state index in [2.05, 4.69) is 5.32 Å². The monoisotopic (exact) mass is 250 g/mol. The minimum Gasteiger partial charge on any atom is -0.442 e. The maximum atomic E-state index is 11.2. The summed E-state index contributed by atoms with van der Waals surface area (Å²) in [6.45, 7) is 1.39. The number of nitrogens with one attached hydrogen (secondary N) is 1. The topological polar surface area (TPSA) is 61.8 Å². The molecule has 5 heteroatoms. The van der Waals surface area contributed by atoms with Gasteiger partial charge in [0.1, 0.15) is 6.10 Å². The summed E-state index contributed by atoms with van der Waals surface area (Å²) in [5.41, 5.74) is 2.09. The molecule has 0 radical (unpaired) electrons. The first kappa shape index (κ1) is 12.7. The van der Waals surface area contributed by atoms with Crippen LogP contribution in [0.2, 0.25) is 0 Å². The zero-order valence-electron chi connectivity index (χ0n) is 10.4. The molecule has 98 valence electrons. The molecule has 2 N–H and O–H groups in total. The summed E-state index contributed by atoms with van der Waals surface area (Å²) >= 11 is 0. The van der Waals surface area contributed by atoms with Gasteiger partial charge in [0, 0.05) is 19.3 Å². The summed E-state index contributed by atoms with van der Waals surface area (Å²) < 4.78 is 5.15. The number of likely N-dealkylation sites (N-methyl/N-ethyl adjacent to an activating group) is 1. The highest BCUT2D eigenvalue weighted by Gasteiger charge is 2.27. The van der Waals surface area contributed by atoms with Gasteiger partial charge in [-0.25, -0.2) is 4.79 Å². The number of cyclic esters (lactones) is 1. The van der Waals surface area contributed by atoms with Crippen molar-refractivity contribution in [1.29, 1.82) is 0 Å². The van der Waals surface area contributed by atoms with Crippen molar-refractivity contribution in [2.45, 2.75) is 12.5 Å². The Morgan fingerprint density at radius 1 is 1.44 bits per heavy atom. The summed E-state index contributed by atoms with van der Waals surface area (Å²) in [6.07, 6.45) is 0.311. The standard InChI is InChI=1S/C13H18N2O3/c1-15-9-12(18-13(15)17)8-14-11-4-2-10(3-5-11)6-7-16/h2-5,12,14,16H,6-9H2,1H3/t12-/m0/s1. The molecule has 0 bridgehead atoms. The lowest BCUT2D eigenvalue weighted by atomic mass is 10.1. The van der Waals surface area contributed by atoms with Crippen molar-refractivity contribution in [3.8, 4) is 0 Å². The summed E-state index contributed by atoms with van der Waals surface area (Å²) in [7, 11) is 1.73. The molecule has 0 unspecified atom stereocenters. The Hall–Kier alpha value is -1.75. The average molecular weight is 250 g/mol. The van der Waals surface area contributed by atoms with Crippen LogP contribution in [0.5, 0.6) is 0 Å². The Balaban J connectivity index is 1.81. The molecular weight excluding hydrogens is 232 g/mol. The summed E-state index contributed by atoms with van der Waals surface area (Å²) in [5.74, 6) is 0. The molecule has 1 saturated heterocycles. The molecule has 0 saturated carbocycles. The highest BCUT2D eigenvalue weighted by atomic mass is 16.6. The van der Waals surface area contributed by atoms with Crippen LogP contribution in [0.15, 0.2) is 24.3 Å². The smallest absolute Gasteiger partial charge is 0.410 e. The molecule has 1 aromatic rings. The number of nitrogens with zero attached hydrogens (tertiary/aromatic N) is 1. The summed E-state index contributed by atoms with van der Waals surface area (Å²) in [6, 6.07) is 7.88. The van der Waals surface area contributed by atoms with Crippen molar-refractivity contribution in [1.82, 2.24) is 4.90 Å². The molecule has 5 nitrogen and oxygen atoms in total. The maximum absolute atomic E-state index is 11.2. The molecule has 18 heavy (non-hydrogen) atoms. The number of ether oxygens (including phenoxy) is 1. The first-order valence-corrected chi connectivity index (χ1v) is 6.04. The van der Waals surface area contributed by atoms with Crippen molar-refractivity contribution < 1.29 is 14.6 Å². The minimum absolute atomic E-state index is 0.0976. The minimum atomic E-state index is -0.264. The predicted octanol–water partition coefficient (Wildman–Crippen LogP) is 1.08. The number of anilines is 1. The largest absolute Gasteiger partial charge is 0.442 e. The number of aliphatic hydroxyl groups excluding tert-OH is 1. The van der Waals surface area contributed by atoms with Crippen molar-refractivity contribution in [3.05, 3.63) is 29.8 Å². The number of carbonyl (C=O) groups excluding carboxylic acids is 1. The van der Waals surface area contributed by atoms with Crippen molar-refractivity contribution in [3.63, 3.8) is 0 Å². The van der Waals surface area contributed by atoms with Crippen LogP contribution >= 0.6 is 0 Å². The fourth-order valence-electron chi connectivity index (χ4n) is 1.91. The number of hydrogen-bond acceptors (Lipinski definition) is 4. The van der Waals surface area contributed by atoms with Crippen LogP contribution in [0.25, 0.3) is 0 Å². The maximum Gasteiger partial charge on any atom is 0.410 e. The van der Waals surface area contributed by atoms with E-state index in [0.717, 1.165) is 11.3 Å².